The number of nitrogens with two attached hydrogens (primary N) is 2. The van der Waals surface area contributed by atoms with Crippen LogP contribution in [-0.4, -0.2) is 11.8 Å². The topological polar surface area (TPSA) is 86.2 Å². The predicted octanol–water partition coefficient (Wildman–Crippen LogP) is 1.38. The minimum Gasteiger partial charge on any atom is -0.370 e. The molecule has 1 aromatic carbocycles. The van der Waals surface area contributed by atoms with Crippen LogP contribution in [0.15, 0.2) is 30.3 Å². The smallest absolute Gasteiger partial charge is 0.220 e. The summed E-state index contributed by atoms with van der Waals surface area (Å²) in [4.78, 5) is 22.0. The van der Waals surface area contributed by atoms with Crippen molar-refractivity contribution < 1.29 is 9.59 Å². The normalized spacial score (nSPS) is 12.0. The van der Waals surface area contributed by atoms with Crippen LogP contribution in [0.2, 0.25) is 0 Å². The minimum atomic E-state index is -0.298. The predicted molar refractivity (Wildman–Crippen MR) is 70.5 cm³/mol. The van der Waals surface area contributed by atoms with Crippen molar-refractivity contribution in [3.63, 3.8) is 0 Å². The van der Waals surface area contributed by atoms with E-state index in [1.165, 1.54) is 0 Å². The van der Waals surface area contributed by atoms with Crippen molar-refractivity contribution in [2.75, 3.05) is 0 Å². The number of primary amides is 2. The quantitative estimate of drug-likeness (QED) is 0.681. The first-order valence-corrected chi connectivity index (χ1v) is 6.21. The van der Waals surface area contributed by atoms with E-state index >= 15 is 0 Å². The minimum absolute atomic E-state index is 0.166. The number of unbranched alkanes of at least 4 members (excludes halogenated alkanes) is 1. The van der Waals surface area contributed by atoms with Crippen molar-refractivity contribution in [3.05, 3.63) is 35.9 Å². The van der Waals surface area contributed by atoms with Gasteiger partial charge in [0.1, 0.15) is 0 Å². The molecule has 0 aliphatic carbocycles. The molecule has 0 spiro atoms. The molecule has 0 heterocycles. The van der Waals surface area contributed by atoms with Gasteiger partial charge in [-0.1, -0.05) is 36.8 Å². The molecule has 18 heavy (non-hydrogen) atoms. The summed E-state index contributed by atoms with van der Waals surface area (Å²) < 4.78 is 0. The Hall–Kier alpha value is -1.84. The second-order valence-electron chi connectivity index (χ2n) is 4.50. The second kappa shape index (κ2) is 7.48. The molecule has 0 fully saturated rings. The van der Waals surface area contributed by atoms with Crippen LogP contribution in [0.3, 0.4) is 0 Å². The number of rotatable bonds is 8. The van der Waals surface area contributed by atoms with E-state index in [4.69, 9.17) is 11.5 Å². The molecule has 4 N–H and O–H groups in total. The maximum Gasteiger partial charge on any atom is 0.220 e. The zero-order valence-corrected chi connectivity index (χ0v) is 10.5. The lowest BCUT2D eigenvalue weighted by Crippen LogP contribution is -2.25. The molecule has 4 heteroatoms. The first-order valence-electron chi connectivity index (χ1n) is 6.21. The van der Waals surface area contributed by atoms with E-state index in [1.807, 2.05) is 30.3 Å². The van der Waals surface area contributed by atoms with E-state index in [2.05, 4.69) is 0 Å². The summed E-state index contributed by atoms with van der Waals surface area (Å²) >= 11 is 0. The van der Waals surface area contributed by atoms with Crippen LogP contribution in [0.5, 0.6) is 0 Å². The fourth-order valence-corrected chi connectivity index (χ4v) is 1.93. The van der Waals surface area contributed by atoms with Gasteiger partial charge in [0.25, 0.3) is 0 Å². The van der Waals surface area contributed by atoms with Crippen molar-refractivity contribution in [3.8, 4) is 0 Å². The maximum absolute atomic E-state index is 11.4. The first-order chi connectivity index (χ1) is 8.59. The van der Waals surface area contributed by atoms with Gasteiger partial charge in [0, 0.05) is 12.3 Å². The van der Waals surface area contributed by atoms with Crippen LogP contribution in [0.4, 0.5) is 0 Å². The molecule has 1 unspecified atom stereocenters. The molecule has 0 aliphatic rings. The number of hydrogen-bond donors (Lipinski definition) is 2. The Balaban J connectivity index is 2.41. The van der Waals surface area contributed by atoms with Crippen LogP contribution in [0, 0.1) is 5.92 Å². The number of amides is 2. The Kier molecular flexibility index (Phi) is 5.91. The van der Waals surface area contributed by atoms with Gasteiger partial charge in [0.05, 0.1) is 0 Å². The highest BCUT2D eigenvalue weighted by Crippen LogP contribution is 2.15. The van der Waals surface area contributed by atoms with E-state index < -0.39 is 0 Å². The molecule has 0 aliphatic heterocycles. The molecule has 4 nitrogen and oxygen atoms in total. The van der Waals surface area contributed by atoms with Gasteiger partial charge in [0.15, 0.2) is 0 Å². The maximum atomic E-state index is 11.4. The van der Waals surface area contributed by atoms with Gasteiger partial charge in [-0.3, -0.25) is 9.59 Å². The van der Waals surface area contributed by atoms with E-state index in [0.717, 1.165) is 12.0 Å². The largest absolute Gasteiger partial charge is 0.370 e. The lowest BCUT2D eigenvalue weighted by molar-refractivity contribution is -0.122. The van der Waals surface area contributed by atoms with Gasteiger partial charge >= 0.3 is 0 Å². The summed E-state index contributed by atoms with van der Waals surface area (Å²) in [6.45, 7) is 0. The van der Waals surface area contributed by atoms with Gasteiger partial charge in [-0.25, -0.2) is 0 Å². The first kappa shape index (κ1) is 14.2. The fourth-order valence-electron chi connectivity index (χ4n) is 1.93. The van der Waals surface area contributed by atoms with E-state index in [1.54, 1.807) is 0 Å². The van der Waals surface area contributed by atoms with Gasteiger partial charge in [-0.05, 0) is 24.8 Å². The van der Waals surface area contributed by atoms with Gasteiger partial charge < -0.3 is 11.5 Å². The molecule has 98 valence electrons. The van der Waals surface area contributed by atoms with Crippen LogP contribution < -0.4 is 11.5 Å². The molecule has 0 radical (unpaired) electrons. The Morgan fingerprint density at radius 1 is 1.06 bits per heavy atom. The lowest BCUT2D eigenvalue weighted by Gasteiger charge is -2.13. The van der Waals surface area contributed by atoms with E-state index in [0.29, 0.717) is 25.7 Å². The third kappa shape index (κ3) is 5.48. The van der Waals surface area contributed by atoms with E-state index in [9.17, 15) is 9.59 Å². The molecule has 2 amide bonds. The third-order valence-electron chi connectivity index (χ3n) is 2.95. The highest BCUT2D eigenvalue weighted by molar-refractivity contribution is 5.77. The van der Waals surface area contributed by atoms with Crippen LogP contribution in [0.1, 0.15) is 31.2 Å². The molecule has 1 rings (SSSR count). The van der Waals surface area contributed by atoms with E-state index in [-0.39, 0.29) is 17.7 Å². The number of hydrogen-bond acceptors (Lipinski definition) is 2. The molecule has 0 bridgehead atoms. The molecular formula is C14H20N2O2. The Morgan fingerprint density at radius 3 is 2.28 bits per heavy atom. The summed E-state index contributed by atoms with van der Waals surface area (Å²) in [5, 5.41) is 0. The molecule has 0 aromatic heterocycles. The van der Waals surface area contributed by atoms with Crippen LogP contribution in [-0.2, 0) is 16.0 Å². The zero-order chi connectivity index (χ0) is 13.4. The Bertz CT molecular complexity index is 390. The highest BCUT2D eigenvalue weighted by Gasteiger charge is 2.15. The Labute approximate surface area is 107 Å². The van der Waals surface area contributed by atoms with Gasteiger partial charge in [-0.15, -0.1) is 0 Å². The second-order valence-corrected chi connectivity index (χ2v) is 4.50. The summed E-state index contributed by atoms with van der Waals surface area (Å²) in [7, 11) is 0. The lowest BCUT2D eigenvalue weighted by atomic mass is 9.93. The summed E-state index contributed by atoms with van der Waals surface area (Å²) in [6.07, 6.45) is 3.25. The Morgan fingerprint density at radius 2 is 1.72 bits per heavy atom. The molecular weight excluding hydrogens is 228 g/mol. The van der Waals surface area contributed by atoms with Crippen molar-refractivity contribution in [2.45, 2.75) is 32.1 Å². The standard InChI is InChI=1S/C14H20N2O2/c15-13(17)9-5-4-8-12(14(16)18)10-11-6-2-1-3-7-11/h1-3,6-7,12H,4-5,8-10H2,(H2,15,17)(H2,16,18). The molecule has 1 aromatic rings. The zero-order valence-electron chi connectivity index (χ0n) is 10.5. The number of carbonyl (C=O) groups excluding carboxylic acids is 2. The average molecular weight is 248 g/mol. The van der Waals surface area contributed by atoms with Gasteiger partial charge in [0.2, 0.25) is 11.8 Å². The summed E-state index contributed by atoms with van der Waals surface area (Å²) in [5.41, 5.74) is 11.6. The molecule has 0 saturated heterocycles. The number of benzene rings is 1. The summed E-state index contributed by atoms with van der Waals surface area (Å²) in [5.74, 6) is -0.744. The fraction of sp³-hybridized carbons (Fsp3) is 0.429. The van der Waals surface area contributed by atoms with Gasteiger partial charge in [-0.2, -0.15) is 0 Å². The van der Waals surface area contributed by atoms with Crippen molar-refractivity contribution >= 4 is 11.8 Å². The summed E-state index contributed by atoms with van der Waals surface area (Å²) in [6, 6.07) is 9.80. The van der Waals surface area contributed by atoms with Crippen molar-refractivity contribution in [1.29, 1.82) is 0 Å². The van der Waals surface area contributed by atoms with Crippen molar-refractivity contribution in [2.24, 2.45) is 17.4 Å². The van der Waals surface area contributed by atoms with Crippen molar-refractivity contribution in [1.82, 2.24) is 0 Å². The number of carbonyl (C=O) groups is 2. The van der Waals surface area contributed by atoms with Crippen LogP contribution >= 0.6 is 0 Å². The average Bonchev–Trinajstić information content (AvgIpc) is 2.33. The molecule has 1 atom stereocenters. The molecule has 0 saturated carbocycles. The van der Waals surface area contributed by atoms with Crippen LogP contribution in [0.25, 0.3) is 0 Å². The SMILES string of the molecule is NC(=O)CCCCC(Cc1ccccc1)C(N)=O. The highest BCUT2D eigenvalue weighted by atomic mass is 16.1. The third-order valence-corrected chi connectivity index (χ3v) is 2.95. The monoisotopic (exact) mass is 248 g/mol.